The number of likely N-dealkylation sites (tertiary alicyclic amines) is 1. The van der Waals surface area contributed by atoms with E-state index >= 15 is 0 Å². The van der Waals surface area contributed by atoms with E-state index in [1.807, 2.05) is 0 Å². The zero-order valence-electron chi connectivity index (χ0n) is 8.62. The molecule has 0 atom stereocenters. The zero-order valence-corrected chi connectivity index (χ0v) is 8.62. The van der Waals surface area contributed by atoms with Crippen LogP contribution in [0.4, 0.5) is 0 Å². The number of hydrogen-bond acceptors (Lipinski definition) is 2. The maximum Gasteiger partial charge on any atom is 0.381 e. The number of carboxylic acid groups (broad SMARTS) is 1. The molecule has 1 aliphatic rings. The largest absolute Gasteiger partial charge is 0.472 e. The standard InChI is InChI=1S/C11H17NO2/c1-2-12-8-6-10(7-9-12)4-3-5-11(13)14/h10H,2,4,6-9H2,1H3,(H,13,14). The van der Waals surface area contributed by atoms with Gasteiger partial charge in [-0.25, -0.2) is 4.79 Å². The van der Waals surface area contributed by atoms with Crippen LogP contribution in [0.25, 0.3) is 0 Å². The van der Waals surface area contributed by atoms with Crippen LogP contribution < -0.4 is 0 Å². The Bertz CT molecular complexity index is 244. The van der Waals surface area contributed by atoms with Gasteiger partial charge in [0.2, 0.25) is 0 Å². The fourth-order valence-corrected chi connectivity index (χ4v) is 1.78. The van der Waals surface area contributed by atoms with Crippen LogP contribution in [-0.4, -0.2) is 35.6 Å². The van der Waals surface area contributed by atoms with Crippen molar-refractivity contribution in [3.63, 3.8) is 0 Å². The minimum absolute atomic E-state index is 0.602. The van der Waals surface area contributed by atoms with Gasteiger partial charge in [-0.3, -0.25) is 0 Å². The van der Waals surface area contributed by atoms with Crippen molar-refractivity contribution in [2.45, 2.75) is 26.2 Å². The van der Waals surface area contributed by atoms with Gasteiger partial charge in [0.25, 0.3) is 0 Å². The van der Waals surface area contributed by atoms with Crippen LogP contribution in [0.1, 0.15) is 26.2 Å². The van der Waals surface area contributed by atoms with Gasteiger partial charge < -0.3 is 10.0 Å². The first-order valence-corrected chi connectivity index (χ1v) is 5.16. The van der Waals surface area contributed by atoms with Crippen molar-refractivity contribution in [1.29, 1.82) is 0 Å². The second-order valence-electron chi connectivity index (χ2n) is 3.69. The van der Waals surface area contributed by atoms with Gasteiger partial charge in [-0.1, -0.05) is 12.8 Å². The van der Waals surface area contributed by atoms with Crippen molar-refractivity contribution < 1.29 is 9.90 Å². The first kappa shape index (κ1) is 11.1. The van der Waals surface area contributed by atoms with Gasteiger partial charge in [-0.15, -0.1) is 0 Å². The van der Waals surface area contributed by atoms with E-state index in [9.17, 15) is 4.79 Å². The Hall–Kier alpha value is -1.01. The molecule has 1 N–H and O–H groups in total. The number of rotatable bonds is 2. The Balaban J connectivity index is 2.23. The maximum atomic E-state index is 10.2. The molecule has 1 heterocycles. The van der Waals surface area contributed by atoms with Gasteiger partial charge in [-0.2, -0.15) is 0 Å². The summed E-state index contributed by atoms with van der Waals surface area (Å²) in [5.41, 5.74) is 0. The van der Waals surface area contributed by atoms with Crippen LogP contribution in [0.5, 0.6) is 0 Å². The zero-order chi connectivity index (χ0) is 10.4. The summed E-state index contributed by atoms with van der Waals surface area (Å²) in [5, 5.41) is 8.34. The molecule has 3 nitrogen and oxygen atoms in total. The van der Waals surface area contributed by atoms with E-state index in [0.717, 1.165) is 38.9 Å². The van der Waals surface area contributed by atoms with Gasteiger partial charge in [-0.05, 0) is 38.4 Å². The normalized spacial score (nSPS) is 18.6. The first-order valence-electron chi connectivity index (χ1n) is 5.16. The van der Waals surface area contributed by atoms with E-state index in [2.05, 4.69) is 23.7 Å². The van der Waals surface area contributed by atoms with Gasteiger partial charge in [0.15, 0.2) is 0 Å². The van der Waals surface area contributed by atoms with Gasteiger partial charge >= 0.3 is 5.97 Å². The fraction of sp³-hybridized carbons (Fsp3) is 0.727. The number of nitrogens with zero attached hydrogens (tertiary/aromatic N) is 1. The predicted molar refractivity (Wildman–Crippen MR) is 54.9 cm³/mol. The monoisotopic (exact) mass is 195 g/mol. The summed E-state index contributed by atoms with van der Waals surface area (Å²) in [6, 6.07) is 0. The minimum atomic E-state index is -1.02. The number of aliphatic carboxylic acids is 1. The molecule has 3 heteroatoms. The Morgan fingerprint density at radius 3 is 2.64 bits per heavy atom. The highest BCUT2D eigenvalue weighted by Crippen LogP contribution is 2.19. The summed E-state index contributed by atoms with van der Waals surface area (Å²) in [6.07, 6.45) is 3.05. The highest BCUT2D eigenvalue weighted by atomic mass is 16.4. The summed E-state index contributed by atoms with van der Waals surface area (Å²) in [7, 11) is 0. The molecule has 0 radical (unpaired) electrons. The molecule has 0 spiro atoms. The lowest BCUT2D eigenvalue weighted by Crippen LogP contribution is -2.33. The summed E-state index contributed by atoms with van der Waals surface area (Å²) in [4.78, 5) is 12.6. The van der Waals surface area contributed by atoms with Crippen LogP contribution in [0.3, 0.4) is 0 Å². The Morgan fingerprint density at radius 1 is 1.50 bits per heavy atom. The van der Waals surface area contributed by atoms with Crippen molar-refractivity contribution in [3.8, 4) is 11.8 Å². The highest BCUT2D eigenvalue weighted by molar-refractivity contribution is 5.86. The summed E-state index contributed by atoms with van der Waals surface area (Å²) in [5.74, 6) is 4.47. The second-order valence-corrected chi connectivity index (χ2v) is 3.69. The third kappa shape index (κ3) is 3.80. The van der Waals surface area contributed by atoms with Crippen molar-refractivity contribution in [1.82, 2.24) is 4.90 Å². The van der Waals surface area contributed by atoms with E-state index in [0.29, 0.717) is 5.92 Å². The molecule has 0 aromatic carbocycles. The molecule has 1 saturated heterocycles. The average Bonchev–Trinajstić information content (AvgIpc) is 2.18. The van der Waals surface area contributed by atoms with Crippen LogP contribution in [0, 0.1) is 17.8 Å². The molecule has 0 aromatic heterocycles. The van der Waals surface area contributed by atoms with Crippen LogP contribution >= 0.6 is 0 Å². The molecule has 1 rings (SSSR count). The Kier molecular flexibility index (Phi) is 4.48. The summed E-state index contributed by atoms with van der Waals surface area (Å²) >= 11 is 0. The molecule has 78 valence electrons. The summed E-state index contributed by atoms with van der Waals surface area (Å²) in [6.45, 7) is 5.56. The maximum absolute atomic E-state index is 10.2. The van der Waals surface area contributed by atoms with Crippen LogP contribution in [-0.2, 0) is 4.79 Å². The number of hydrogen-bond donors (Lipinski definition) is 1. The highest BCUT2D eigenvalue weighted by Gasteiger charge is 2.16. The van der Waals surface area contributed by atoms with E-state index in [1.165, 1.54) is 0 Å². The predicted octanol–water partition coefficient (Wildman–Crippen LogP) is 1.20. The molecule has 1 aliphatic heterocycles. The average molecular weight is 195 g/mol. The van der Waals surface area contributed by atoms with E-state index in [-0.39, 0.29) is 0 Å². The molecular formula is C11H17NO2. The molecule has 0 saturated carbocycles. The van der Waals surface area contributed by atoms with E-state index in [4.69, 9.17) is 5.11 Å². The third-order valence-electron chi connectivity index (χ3n) is 2.74. The van der Waals surface area contributed by atoms with Crippen molar-refractivity contribution in [2.24, 2.45) is 5.92 Å². The molecule has 14 heavy (non-hydrogen) atoms. The van der Waals surface area contributed by atoms with Gasteiger partial charge in [0, 0.05) is 12.3 Å². The molecule has 0 aromatic rings. The minimum Gasteiger partial charge on any atom is -0.472 e. The number of carbonyl (C=O) groups is 1. The molecule has 0 aliphatic carbocycles. The van der Waals surface area contributed by atoms with Gasteiger partial charge in [0.1, 0.15) is 0 Å². The van der Waals surface area contributed by atoms with Gasteiger partial charge in [0.05, 0.1) is 0 Å². The lowest BCUT2D eigenvalue weighted by atomic mass is 9.94. The second kappa shape index (κ2) is 5.66. The molecule has 0 bridgehead atoms. The molecule has 0 unspecified atom stereocenters. The van der Waals surface area contributed by atoms with Crippen LogP contribution in [0.15, 0.2) is 0 Å². The molecular weight excluding hydrogens is 178 g/mol. The fourth-order valence-electron chi connectivity index (χ4n) is 1.78. The quantitative estimate of drug-likeness (QED) is 0.673. The smallest absolute Gasteiger partial charge is 0.381 e. The SMILES string of the molecule is CCN1CCC(CC#CC(=O)O)CC1. The third-order valence-corrected chi connectivity index (χ3v) is 2.74. The van der Waals surface area contributed by atoms with E-state index < -0.39 is 5.97 Å². The number of piperidine rings is 1. The van der Waals surface area contributed by atoms with Crippen molar-refractivity contribution in [3.05, 3.63) is 0 Å². The van der Waals surface area contributed by atoms with E-state index in [1.54, 1.807) is 0 Å². The van der Waals surface area contributed by atoms with Crippen LogP contribution in [0.2, 0.25) is 0 Å². The first-order chi connectivity index (χ1) is 6.72. The lowest BCUT2D eigenvalue weighted by Gasteiger charge is -2.29. The van der Waals surface area contributed by atoms with Crippen molar-refractivity contribution in [2.75, 3.05) is 19.6 Å². The molecule has 0 amide bonds. The Morgan fingerprint density at radius 2 is 2.14 bits per heavy atom. The summed E-state index contributed by atoms with van der Waals surface area (Å²) < 4.78 is 0. The molecule has 1 fully saturated rings. The van der Waals surface area contributed by atoms with Crippen molar-refractivity contribution >= 4 is 5.97 Å². The number of carboxylic acids is 1. The topological polar surface area (TPSA) is 40.5 Å². The Labute approximate surface area is 85.1 Å². The lowest BCUT2D eigenvalue weighted by molar-refractivity contribution is -0.130.